The molecule has 1 aromatic rings. The summed E-state index contributed by atoms with van der Waals surface area (Å²) in [6.07, 6.45) is 1.58. The van der Waals surface area contributed by atoms with Crippen LogP contribution in [0.25, 0.3) is 0 Å². The second-order valence-electron chi connectivity index (χ2n) is 4.34. The summed E-state index contributed by atoms with van der Waals surface area (Å²) in [5.74, 6) is -1.45. The lowest BCUT2D eigenvalue weighted by atomic mass is 10.1. The number of methoxy groups -OCH3 is 1. The van der Waals surface area contributed by atoms with Crippen LogP contribution in [-0.2, 0) is 4.74 Å². The highest BCUT2D eigenvalue weighted by molar-refractivity contribution is 5.95. The quantitative estimate of drug-likeness (QED) is 0.615. The number of nitrogens with one attached hydrogen (secondary N) is 1. The first-order chi connectivity index (χ1) is 9.49. The van der Waals surface area contributed by atoms with E-state index >= 15 is 0 Å². The predicted molar refractivity (Wildman–Crippen MR) is 71.1 cm³/mol. The number of carbonyl (C=O) groups excluding carboxylic acids is 1. The molecule has 0 aliphatic rings. The van der Waals surface area contributed by atoms with Gasteiger partial charge in [-0.15, -0.1) is 0 Å². The Balaban J connectivity index is 2.86. The van der Waals surface area contributed by atoms with E-state index in [-0.39, 0.29) is 11.6 Å². The molecule has 0 saturated carbocycles. The van der Waals surface area contributed by atoms with Crippen molar-refractivity contribution in [1.29, 1.82) is 0 Å². The Kier molecular flexibility index (Phi) is 6.05. The van der Waals surface area contributed by atoms with Crippen LogP contribution >= 0.6 is 0 Å². The van der Waals surface area contributed by atoms with Gasteiger partial charge < -0.3 is 10.1 Å². The monoisotopic (exact) mass is 284 g/mol. The Morgan fingerprint density at radius 3 is 2.80 bits per heavy atom. The van der Waals surface area contributed by atoms with Gasteiger partial charge in [-0.25, -0.2) is 0 Å². The average Bonchev–Trinajstić information content (AvgIpc) is 2.39. The van der Waals surface area contributed by atoms with Crippen LogP contribution in [-0.4, -0.2) is 30.6 Å². The summed E-state index contributed by atoms with van der Waals surface area (Å²) >= 11 is 0. The fraction of sp³-hybridized carbons (Fsp3) is 0.462. The third-order valence-corrected chi connectivity index (χ3v) is 2.75. The summed E-state index contributed by atoms with van der Waals surface area (Å²) in [6.45, 7) is 2.32. The number of nitro groups is 1. The molecule has 0 heterocycles. The average molecular weight is 284 g/mol. The molecule has 7 heteroatoms. The number of carbonyl (C=O) groups is 1. The Hall–Kier alpha value is -2.02. The van der Waals surface area contributed by atoms with Crippen LogP contribution in [0.2, 0.25) is 0 Å². The Morgan fingerprint density at radius 2 is 2.25 bits per heavy atom. The molecule has 110 valence electrons. The molecule has 0 radical (unpaired) electrons. The Morgan fingerprint density at radius 1 is 1.55 bits per heavy atom. The van der Waals surface area contributed by atoms with E-state index in [1.807, 2.05) is 6.92 Å². The molecule has 0 saturated heterocycles. The second-order valence-corrected chi connectivity index (χ2v) is 4.34. The third kappa shape index (κ3) is 4.27. The van der Waals surface area contributed by atoms with E-state index in [1.54, 1.807) is 0 Å². The van der Waals surface area contributed by atoms with Crippen molar-refractivity contribution in [3.05, 3.63) is 39.7 Å². The Labute approximate surface area is 116 Å². The smallest absolute Gasteiger partial charge is 0.305 e. The van der Waals surface area contributed by atoms with Crippen molar-refractivity contribution in [2.24, 2.45) is 0 Å². The van der Waals surface area contributed by atoms with Gasteiger partial charge in [-0.1, -0.05) is 13.3 Å². The number of nitrogens with zero attached hydrogens (tertiary/aromatic N) is 1. The van der Waals surface area contributed by atoms with Gasteiger partial charge >= 0.3 is 5.69 Å². The first kappa shape index (κ1) is 16.0. The van der Waals surface area contributed by atoms with E-state index in [0.29, 0.717) is 6.61 Å². The minimum Gasteiger partial charge on any atom is -0.383 e. The molecule has 1 aromatic carbocycles. The van der Waals surface area contributed by atoms with Crippen LogP contribution in [0.1, 0.15) is 30.1 Å². The number of nitro benzene ring substituents is 1. The number of halogens is 1. The highest BCUT2D eigenvalue weighted by Gasteiger charge is 2.19. The highest BCUT2D eigenvalue weighted by Crippen LogP contribution is 2.18. The van der Waals surface area contributed by atoms with Gasteiger partial charge in [0.2, 0.25) is 5.82 Å². The number of rotatable bonds is 7. The van der Waals surface area contributed by atoms with Crippen LogP contribution in [0.4, 0.5) is 10.1 Å². The zero-order valence-corrected chi connectivity index (χ0v) is 11.4. The molecule has 1 unspecified atom stereocenters. The third-order valence-electron chi connectivity index (χ3n) is 2.75. The van der Waals surface area contributed by atoms with E-state index in [4.69, 9.17) is 4.74 Å². The van der Waals surface area contributed by atoms with Gasteiger partial charge in [-0.3, -0.25) is 14.9 Å². The zero-order chi connectivity index (χ0) is 15.1. The standard InChI is InChI=1S/C13H17FN2O4/c1-3-4-10(8-20-2)15-13(17)9-5-6-11(14)12(7-9)16(18)19/h5-7,10H,3-4,8H2,1-2H3,(H,15,17). The SMILES string of the molecule is CCCC(COC)NC(=O)c1ccc(F)c([N+](=O)[O-])c1. The van der Waals surface area contributed by atoms with Gasteiger partial charge in [0.15, 0.2) is 0 Å². The van der Waals surface area contributed by atoms with Crippen LogP contribution in [0, 0.1) is 15.9 Å². The van der Waals surface area contributed by atoms with Crippen molar-refractivity contribution in [2.75, 3.05) is 13.7 Å². The fourth-order valence-corrected chi connectivity index (χ4v) is 1.81. The summed E-state index contributed by atoms with van der Waals surface area (Å²) in [4.78, 5) is 21.8. The fourth-order valence-electron chi connectivity index (χ4n) is 1.81. The molecule has 1 amide bonds. The van der Waals surface area contributed by atoms with Crippen molar-refractivity contribution in [1.82, 2.24) is 5.32 Å². The molecule has 0 aromatic heterocycles. The molecular formula is C13H17FN2O4. The van der Waals surface area contributed by atoms with Gasteiger partial charge in [-0.05, 0) is 18.6 Å². The Bertz CT molecular complexity index is 487. The number of hydrogen-bond donors (Lipinski definition) is 1. The summed E-state index contributed by atoms with van der Waals surface area (Å²) < 4.78 is 18.2. The molecule has 1 rings (SSSR count). The molecule has 0 spiro atoms. The summed E-state index contributed by atoms with van der Waals surface area (Å²) in [5, 5.41) is 13.3. The molecule has 0 aliphatic heterocycles. The first-order valence-corrected chi connectivity index (χ1v) is 6.23. The molecule has 20 heavy (non-hydrogen) atoms. The van der Waals surface area contributed by atoms with Crippen molar-refractivity contribution >= 4 is 11.6 Å². The van der Waals surface area contributed by atoms with Crippen molar-refractivity contribution in [3.8, 4) is 0 Å². The maximum Gasteiger partial charge on any atom is 0.305 e. The van der Waals surface area contributed by atoms with Crippen molar-refractivity contribution in [3.63, 3.8) is 0 Å². The van der Waals surface area contributed by atoms with Gasteiger partial charge in [0.25, 0.3) is 5.91 Å². The lowest BCUT2D eigenvalue weighted by Crippen LogP contribution is -2.37. The maximum atomic E-state index is 13.2. The van der Waals surface area contributed by atoms with Gasteiger partial charge in [0, 0.05) is 18.7 Å². The molecule has 0 fully saturated rings. The molecule has 1 N–H and O–H groups in total. The van der Waals surface area contributed by atoms with E-state index in [0.717, 1.165) is 25.0 Å². The van der Waals surface area contributed by atoms with E-state index in [2.05, 4.69) is 5.32 Å². The van der Waals surface area contributed by atoms with Gasteiger partial charge in [0.1, 0.15) is 0 Å². The minimum atomic E-state index is -0.964. The summed E-state index contributed by atoms with van der Waals surface area (Å²) in [5.41, 5.74) is -0.660. The number of hydrogen-bond acceptors (Lipinski definition) is 4. The van der Waals surface area contributed by atoms with Gasteiger partial charge in [0.05, 0.1) is 17.6 Å². The van der Waals surface area contributed by atoms with Gasteiger partial charge in [-0.2, -0.15) is 4.39 Å². The van der Waals surface area contributed by atoms with Crippen molar-refractivity contribution in [2.45, 2.75) is 25.8 Å². The molecule has 1 atom stereocenters. The zero-order valence-electron chi connectivity index (χ0n) is 11.4. The first-order valence-electron chi connectivity index (χ1n) is 6.23. The van der Waals surface area contributed by atoms with E-state index < -0.39 is 22.3 Å². The summed E-state index contributed by atoms with van der Waals surface area (Å²) in [6, 6.07) is 2.88. The lowest BCUT2D eigenvalue weighted by Gasteiger charge is -2.17. The highest BCUT2D eigenvalue weighted by atomic mass is 19.1. The molecule has 0 bridgehead atoms. The lowest BCUT2D eigenvalue weighted by molar-refractivity contribution is -0.387. The number of amides is 1. The largest absolute Gasteiger partial charge is 0.383 e. The molecule has 0 aliphatic carbocycles. The van der Waals surface area contributed by atoms with Crippen molar-refractivity contribution < 1.29 is 18.8 Å². The van der Waals surface area contributed by atoms with Crippen LogP contribution in [0.5, 0.6) is 0 Å². The minimum absolute atomic E-state index is 0.0512. The second kappa shape index (κ2) is 7.54. The van der Waals surface area contributed by atoms with Crippen LogP contribution in [0.15, 0.2) is 18.2 Å². The van der Waals surface area contributed by atoms with E-state index in [9.17, 15) is 19.3 Å². The summed E-state index contributed by atoms with van der Waals surface area (Å²) in [7, 11) is 1.53. The number of benzene rings is 1. The molecular weight excluding hydrogens is 267 g/mol. The number of ether oxygens (including phenoxy) is 1. The normalized spacial score (nSPS) is 11.9. The van der Waals surface area contributed by atoms with Crippen LogP contribution < -0.4 is 5.32 Å². The van der Waals surface area contributed by atoms with Crippen LogP contribution in [0.3, 0.4) is 0 Å². The topological polar surface area (TPSA) is 81.5 Å². The molecule has 6 nitrogen and oxygen atoms in total. The van der Waals surface area contributed by atoms with E-state index in [1.165, 1.54) is 13.2 Å². The predicted octanol–water partition coefficient (Wildman–Crippen LogP) is 2.28. The maximum absolute atomic E-state index is 13.2.